The lowest BCUT2D eigenvalue weighted by Gasteiger charge is -2.28. The average molecular weight is 598 g/mol. The van der Waals surface area contributed by atoms with Gasteiger partial charge in [-0.25, -0.2) is 14.3 Å². The number of rotatable bonds is 6. The van der Waals surface area contributed by atoms with Gasteiger partial charge in [0.1, 0.15) is 17.7 Å². The summed E-state index contributed by atoms with van der Waals surface area (Å²) in [4.78, 5) is 46.9. The minimum Gasteiger partial charge on any atom is -0.344 e. The number of benzene rings is 2. The molecule has 3 atom stereocenters. The Morgan fingerprint density at radius 2 is 1.73 bits per heavy atom. The Balaban J connectivity index is 1.46. The molecule has 44 heavy (non-hydrogen) atoms. The Labute approximate surface area is 256 Å². The van der Waals surface area contributed by atoms with Gasteiger partial charge >= 0.3 is 0 Å². The monoisotopic (exact) mass is 597 g/mol. The third kappa shape index (κ3) is 7.36. The fraction of sp³-hybridized carbons (Fsp3) is 0.406. The average Bonchev–Trinajstić information content (AvgIpc) is 3.68. The topological polar surface area (TPSA) is 140 Å². The molecule has 3 amide bonds. The van der Waals surface area contributed by atoms with E-state index in [-0.39, 0.29) is 35.8 Å². The molecule has 4 aromatic rings. The van der Waals surface area contributed by atoms with E-state index in [2.05, 4.69) is 26.0 Å². The molecule has 0 saturated carbocycles. The van der Waals surface area contributed by atoms with Gasteiger partial charge in [-0.3, -0.25) is 14.4 Å². The van der Waals surface area contributed by atoms with Crippen molar-refractivity contribution in [2.45, 2.75) is 65.1 Å². The van der Waals surface area contributed by atoms with Crippen molar-refractivity contribution in [3.8, 4) is 5.69 Å². The van der Waals surface area contributed by atoms with Gasteiger partial charge in [0.2, 0.25) is 11.8 Å². The molecule has 3 heterocycles. The number of aryl methyl sites for hydroxylation is 1. The predicted octanol–water partition coefficient (Wildman–Crippen LogP) is 3.03. The number of para-hydroxylation sites is 1. The summed E-state index contributed by atoms with van der Waals surface area (Å²) in [6.07, 6.45) is 3.39. The van der Waals surface area contributed by atoms with Gasteiger partial charge in [-0.05, 0) is 43.4 Å². The molecule has 5 rings (SSSR count). The zero-order valence-corrected chi connectivity index (χ0v) is 25.4. The quantitative estimate of drug-likeness (QED) is 0.348. The smallest absolute Gasteiger partial charge is 0.276 e. The summed E-state index contributed by atoms with van der Waals surface area (Å²) in [6, 6.07) is 18.1. The third-order valence-electron chi connectivity index (χ3n) is 7.96. The predicted molar refractivity (Wildman–Crippen MR) is 164 cm³/mol. The molecular weight excluding hydrogens is 558 g/mol. The molecule has 230 valence electrons. The van der Waals surface area contributed by atoms with Crippen LogP contribution in [0.15, 0.2) is 66.9 Å². The Bertz CT molecular complexity index is 1570. The molecule has 2 aromatic carbocycles. The summed E-state index contributed by atoms with van der Waals surface area (Å²) in [5, 5.41) is 19.1. The number of nitrogens with one attached hydrogen (secondary N) is 2. The minimum atomic E-state index is -0.711. The molecule has 0 fully saturated rings. The molecule has 0 unspecified atom stereocenters. The molecule has 12 nitrogen and oxygen atoms in total. The Morgan fingerprint density at radius 1 is 1.00 bits per heavy atom. The van der Waals surface area contributed by atoms with Crippen LogP contribution in [0.25, 0.3) is 5.69 Å². The second kappa shape index (κ2) is 14.1. The zero-order valence-electron chi connectivity index (χ0n) is 25.4. The van der Waals surface area contributed by atoms with Crippen LogP contribution in [0, 0.1) is 12.8 Å². The van der Waals surface area contributed by atoms with Gasteiger partial charge < -0.3 is 15.5 Å². The highest BCUT2D eigenvalue weighted by Gasteiger charge is 2.31. The number of nitrogens with zero attached hydrogens (tertiary/aromatic N) is 7. The van der Waals surface area contributed by atoms with Gasteiger partial charge in [0, 0.05) is 19.5 Å². The van der Waals surface area contributed by atoms with Crippen molar-refractivity contribution in [1.82, 2.24) is 45.3 Å². The Hall–Kier alpha value is -4.87. The molecule has 1 aliphatic heterocycles. The van der Waals surface area contributed by atoms with Crippen LogP contribution in [0.1, 0.15) is 66.9 Å². The number of hydrogen-bond acceptors (Lipinski definition) is 7. The van der Waals surface area contributed by atoms with Crippen LogP contribution in [0.2, 0.25) is 0 Å². The number of amides is 3. The lowest BCUT2D eigenvalue weighted by Crippen LogP contribution is -2.51. The van der Waals surface area contributed by atoms with Gasteiger partial charge in [0.05, 0.1) is 24.5 Å². The molecule has 12 heteroatoms. The largest absolute Gasteiger partial charge is 0.344 e. The van der Waals surface area contributed by atoms with Crippen molar-refractivity contribution >= 4 is 17.7 Å². The molecule has 2 N–H and O–H groups in total. The summed E-state index contributed by atoms with van der Waals surface area (Å²) in [6.45, 7) is 6.72. The lowest BCUT2D eigenvalue weighted by molar-refractivity contribution is -0.130. The van der Waals surface area contributed by atoms with E-state index in [1.54, 1.807) is 20.5 Å². The maximum Gasteiger partial charge on any atom is 0.276 e. The normalized spacial score (nSPS) is 18.9. The first-order chi connectivity index (χ1) is 21.3. The highest BCUT2D eigenvalue weighted by Crippen LogP contribution is 2.20. The Morgan fingerprint density at radius 3 is 2.45 bits per heavy atom. The summed E-state index contributed by atoms with van der Waals surface area (Å²) >= 11 is 0. The van der Waals surface area contributed by atoms with E-state index in [1.807, 2.05) is 81.4 Å². The van der Waals surface area contributed by atoms with E-state index >= 15 is 0 Å². The van der Waals surface area contributed by atoms with Gasteiger partial charge in [0.15, 0.2) is 5.69 Å². The van der Waals surface area contributed by atoms with Crippen molar-refractivity contribution in [3.63, 3.8) is 0 Å². The van der Waals surface area contributed by atoms with Gasteiger partial charge in [-0.2, -0.15) is 5.10 Å². The van der Waals surface area contributed by atoms with Gasteiger partial charge in [-0.15, -0.1) is 5.10 Å². The second-order valence-corrected chi connectivity index (χ2v) is 11.2. The van der Waals surface area contributed by atoms with Crippen LogP contribution in [-0.4, -0.2) is 71.5 Å². The summed E-state index contributed by atoms with van der Waals surface area (Å²) in [7, 11) is 0. The van der Waals surface area contributed by atoms with Crippen LogP contribution in [0.5, 0.6) is 0 Å². The summed E-state index contributed by atoms with van der Waals surface area (Å²) in [5.74, 6) is 0.291. The van der Waals surface area contributed by atoms with E-state index < -0.39 is 12.1 Å². The molecule has 2 aromatic heterocycles. The number of carbonyl (C=O) groups excluding carboxylic acids is 3. The van der Waals surface area contributed by atoms with Crippen molar-refractivity contribution in [2.24, 2.45) is 5.92 Å². The van der Waals surface area contributed by atoms with E-state index in [1.165, 1.54) is 0 Å². The van der Waals surface area contributed by atoms with E-state index in [9.17, 15) is 14.4 Å². The molecule has 0 aliphatic carbocycles. The van der Waals surface area contributed by atoms with Crippen molar-refractivity contribution < 1.29 is 14.4 Å². The molecule has 0 bridgehead atoms. The third-order valence-corrected chi connectivity index (χ3v) is 7.96. The van der Waals surface area contributed by atoms with Gasteiger partial charge in [0.25, 0.3) is 5.91 Å². The highest BCUT2D eigenvalue weighted by atomic mass is 16.2. The van der Waals surface area contributed by atoms with Crippen molar-refractivity contribution in [3.05, 3.63) is 89.8 Å². The molecule has 0 spiro atoms. The maximum atomic E-state index is 13.7. The zero-order chi connectivity index (χ0) is 31.1. The number of hydrogen-bond donors (Lipinski definition) is 2. The molecular formula is C32H39N9O3. The van der Waals surface area contributed by atoms with E-state index in [4.69, 9.17) is 4.98 Å². The van der Waals surface area contributed by atoms with Crippen molar-refractivity contribution in [1.29, 1.82) is 0 Å². The summed E-state index contributed by atoms with van der Waals surface area (Å²) in [5.41, 5.74) is 2.02. The first kappa shape index (κ1) is 30.6. The molecule has 0 radical (unpaired) electrons. The van der Waals surface area contributed by atoms with E-state index in [0.29, 0.717) is 50.5 Å². The first-order valence-corrected chi connectivity index (χ1v) is 15.1. The number of fused-ring (bicyclic) bond motifs is 1. The SMILES string of the molecule is CC[C@H](C)[C@@H]1NC(=O)CCCN(C(=O)c2cn(-c3ccccc3)nn2)CCn2nc(C)nc2[C@H](Cc2ccccc2)NC1=O. The summed E-state index contributed by atoms with van der Waals surface area (Å²) < 4.78 is 3.34. The van der Waals surface area contributed by atoms with Crippen LogP contribution in [0.3, 0.4) is 0 Å². The Kier molecular flexibility index (Phi) is 9.78. The molecule has 1 aliphatic rings. The minimum absolute atomic E-state index is 0.0888. The van der Waals surface area contributed by atoms with Crippen LogP contribution >= 0.6 is 0 Å². The lowest BCUT2D eigenvalue weighted by atomic mass is 9.97. The molecule has 0 saturated heterocycles. The highest BCUT2D eigenvalue weighted by molar-refractivity contribution is 5.92. The van der Waals surface area contributed by atoms with E-state index in [0.717, 1.165) is 11.3 Å². The standard InChI is InChI=1S/C32H39N9O3/c1-4-22(2)29-31(43)34-26(20-24-12-7-5-8-13-24)30-33-23(3)37-40(30)19-18-39(17-11-16-28(42)35-29)32(44)27-21-41(38-36-27)25-14-9-6-10-15-25/h5-10,12-15,21-22,26,29H,4,11,16-20H2,1-3H3,(H,34,43)(H,35,42)/t22-,26-,29-/m0/s1. The number of aromatic nitrogens is 6. The van der Waals surface area contributed by atoms with Crippen LogP contribution < -0.4 is 10.6 Å². The van der Waals surface area contributed by atoms with Crippen LogP contribution in [0.4, 0.5) is 0 Å². The van der Waals surface area contributed by atoms with Gasteiger partial charge in [-0.1, -0.05) is 74.0 Å². The fourth-order valence-electron chi connectivity index (χ4n) is 5.35. The number of carbonyl (C=O) groups is 3. The van der Waals surface area contributed by atoms with Crippen LogP contribution in [-0.2, 0) is 22.6 Å². The second-order valence-electron chi connectivity index (χ2n) is 11.2. The maximum absolute atomic E-state index is 13.7. The fourth-order valence-corrected chi connectivity index (χ4v) is 5.35. The van der Waals surface area contributed by atoms with Crippen molar-refractivity contribution in [2.75, 3.05) is 13.1 Å². The first-order valence-electron chi connectivity index (χ1n) is 15.1.